The highest BCUT2D eigenvalue weighted by Gasteiger charge is 2.06. The standard InChI is InChI=1S/C11H18N2OS/c1-4-6-9-8(3)12-11(13-10(9)14)15-7-5-2/h4-7H2,1-3H3,(H,12,13,14). The largest absolute Gasteiger partial charge is 0.301 e. The predicted molar refractivity (Wildman–Crippen MR) is 64.6 cm³/mol. The predicted octanol–water partition coefficient (Wildman–Crippen LogP) is 2.53. The number of aromatic amines is 1. The summed E-state index contributed by atoms with van der Waals surface area (Å²) in [6, 6.07) is 0. The molecule has 0 amide bonds. The number of aryl methyl sites for hydroxylation is 1. The van der Waals surface area contributed by atoms with Crippen LogP contribution >= 0.6 is 11.8 Å². The maximum Gasteiger partial charge on any atom is 0.254 e. The molecule has 1 rings (SSSR count). The highest BCUT2D eigenvalue weighted by Crippen LogP contribution is 2.13. The quantitative estimate of drug-likeness (QED) is 0.620. The molecule has 0 unspecified atom stereocenters. The van der Waals surface area contributed by atoms with Crippen LogP contribution in [0.15, 0.2) is 9.95 Å². The zero-order chi connectivity index (χ0) is 11.3. The van der Waals surface area contributed by atoms with Gasteiger partial charge in [-0.05, 0) is 19.8 Å². The van der Waals surface area contributed by atoms with E-state index in [1.807, 2.05) is 6.92 Å². The summed E-state index contributed by atoms with van der Waals surface area (Å²) in [6.45, 7) is 6.10. The molecule has 15 heavy (non-hydrogen) atoms. The Morgan fingerprint density at radius 1 is 1.33 bits per heavy atom. The van der Waals surface area contributed by atoms with Gasteiger partial charge in [0.1, 0.15) is 0 Å². The molecule has 84 valence electrons. The summed E-state index contributed by atoms with van der Waals surface area (Å²) < 4.78 is 0. The summed E-state index contributed by atoms with van der Waals surface area (Å²) in [4.78, 5) is 18.9. The van der Waals surface area contributed by atoms with Gasteiger partial charge in [0.2, 0.25) is 0 Å². The van der Waals surface area contributed by atoms with Gasteiger partial charge in [-0.25, -0.2) is 4.98 Å². The van der Waals surface area contributed by atoms with E-state index in [1.54, 1.807) is 11.8 Å². The van der Waals surface area contributed by atoms with Gasteiger partial charge in [-0.15, -0.1) is 0 Å². The van der Waals surface area contributed by atoms with Crippen molar-refractivity contribution >= 4 is 11.8 Å². The molecular formula is C11H18N2OS. The zero-order valence-electron chi connectivity index (χ0n) is 9.59. The van der Waals surface area contributed by atoms with Crippen LogP contribution in [-0.2, 0) is 6.42 Å². The maximum atomic E-state index is 11.7. The molecule has 4 heteroatoms. The lowest BCUT2D eigenvalue weighted by atomic mass is 10.1. The molecular weight excluding hydrogens is 208 g/mol. The van der Waals surface area contributed by atoms with Crippen LogP contribution in [-0.4, -0.2) is 15.7 Å². The third kappa shape index (κ3) is 3.38. The normalized spacial score (nSPS) is 10.6. The molecule has 0 atom stereocenters. The third-order valence-electron chi connectivity index (χ3n) is 2.14. The fourth-order valence-corrected chi connectivity index (χ4v) is 2.16. The number of hydrogen-bond donors (Lipinski definition) is 1. The molecule has 0 aliphatic carbocycles. The Labute approximate surface area is 94.7 Å². The molecule has 1 aromatic rings. The average Bonchev–Trinajstić information content (AvgIpc) is 2.20. The molecule has 0 saturated heterocycles. The fourth-order valence-electron chi connectivity index (χ4n) is 1.40. The molecule has 0 aromatic carbocycles. The Kier molecular flexibility index (Phi) is 4.88. The lowest BCUT2D eigenvalue weighted by Crippen LogP contribution is -2.17. The summed E-state index contributed by atoms with van der Waals surface area (Å²) in [6.07, 6.45) is 2.88. The van der Waals surface area contributed by atoms with Crippen LogP contribution in [0.2, 0.25) is 0 Å². The van der Waals surface area contributed by atoms with Crippen LogP contribution in [0.4, 0.5) is 0 Å². The number of aromatic nitrogens is 2. The van der Waals surface area contributed by atoms with Crippen molar-refractivity contribution in [2.75, 3.05) is 5.75 Å². The zero-order valence-corrected chi connectivity index (χ0v) is 10.4. The molecule has 0 aliphatic rings. The number of hydrogen-bond acceptors (Lipinski definition) is 3. The summed E-state index contributed by atoms with van der Waals surface area (Å²) in [7, 11) is 0. The Balaban J connectivity index is 2.92. The van der Waals surface area contributed by atoms with Gasteiger partial charge in [-0.3, -0.25) is 4.79 Å². The fraction of sp³-hybridized carbons (Fsp3) is 0.636. The first kappa shape index (κ1) is 12.3. The van der Waals surface area contributed by atoms with E-state index in [-0.39, 0.29) is 5.56 Å². The molecule has 0 bridgehead atoms. The Bertz CT molecular complexity index is 373. The number of nitrogens with zero attached hydrogens (tertiary/aromatic N) is 1. The topological polar surface area (TPSA) is 45.8 Å². The minimum Gasteiger partial charge on any atom is -0.301 e. The Hall–Kier alpha value is -0.770. The van der Waals surface area contributed by atoms with Crippen LogP contribution in [0.1, 0.15) is 37.9 Å². The first-order valence-electron chi connectivity index (χ1n) is 5.41. The molecule has 0 radical (unpaired) electrons. The lowest BCUT2D eigenvalue weighted by molar-refractivity contribution is 0.817. The molecule has 1 heterocycles. The minimum absolute atomic E-state index is 0.0305. The molecule has 0 saturated carbocycles. The number of H-pyrrole nitrogens is 1. The first-order valence-corrected chi connectivity index (χ1v) is 6.40. The number of rotatable bonds is 5. The molecule has 0 aliphatic heterocycles. The van der Waals surface area contributed by atoms with Gasteiger partial charge in [0, 0.05) is 17.0 Å². The lowest BCUT2D eigenvalue weighted by Gasteiger charge is -2.05. The average molecular weight is 226 g/mol. The van der Waals surface area contributed by atoms with Crippen LogP contribution in [0.25, 0.3) is 0 Å². The van der Waals surface area contributed by atoms with Crippen LogP contribution < -0.4 is 5.56 Å². The van der Waals surface area contributed by atoms with E-state index in [4.69, 9.17) is 0 Å². The second-order valence-electron chi connectivity index (χ2n) is 3.53. The highest BCUT2D eigenvalue weighted by molar-refractivity contribution is 7.99. The highest BCUT2D eigenvalue weighted by atomic mass is 32.2. The van der Waals surface area contributed by atoms with Crippen molar-refractivity contribution in [1.82, 2.24) is 9.97 Å². The van der Waals surface area contributed by atoms with E-state index in [9.17, 15) is 4.79 Å². The van der Waals surface area contributed by atoms with Gasteiger partial charge in [0.25, 0.3) is 5.56 Å². The monoisotopic (exact) mass is 226 g/mol. The van der Waals surface area contributed by atoms with Gasteiger partial charge < -0.3 is 4.98 Å². The van der Waals surface area contributed by atoms with Gasteiger partial charge in [0.15, 0.2) is 5.16 Å². The second kappa shape index (κ2) is 5.95. The summed E-state index contributed by atoms with van der Waals surface area (Å²) in [5.74, 6) is 0.996. The van der Waals surface area contributed by atoms with Gasteiger partial charge in [0.05, 0.1) is 0 Å². The summed E-state index contributed by atoms with van der Waals surface area (Å²) in [5.41, 5.74) is 1.74. The second-order valence-corrected chi connectivity index (χ2v) is 4.62. The van der Waals surface area contributed by atoms with Crippen molar-refractivity contribution in [3.8, 4) is 0 Å². The SMILES string of the molecule is CCCSc1nc(C)c(CCC)c(=O)[nH]1. The van der Waals surface area contributed by atoms with Crippen molar-refractivity contribution in [2.45, 2.75) is 45.2 Å². The van der Waals surface area contributed by atoms with E-state index in [0.29, 0.717) is 0 Å². The summed E-state index contributed by atoms with van der Waals surface area (Å²) in [5, 5.41) is 0.749. The minimum atomic E-state index is 0.0305. The van der Waals surface area contributed by atoms with Crippen LogP contribution in [0, 0.1) is 6.92 Å². The molecule has 0 fully saturated rings. The van der Waals surface area contributed by atoms with Crippen molar-refractivity contribution in [3.63, 3.8) is 0 Å². The van der Waals surface area contributed by atoms with E-state index in [2.05, 4.69) is 23.8 Å². The molecule has 1 aromatic heterocycles. The van der Waals surface area contributed by atoms with Gasteiger partial charge >= 0.3 is 0 Å². The van der Waals surface area contributed by atoms with Crippen LogP contribution in [0.3, 0.4) is 0 Å². The van der Waals surface area contributed by atoms with E-state index >= 15 is 0 Å². The van der Waals surface area contributed by atoms with E-state index < -0.39 is 0 Å². The summed E-state index contributed by atoms with van der Waals surface area (Å²) >= 11 is 1.61. The number of thioether (sulfide) groups is 1. The Morgan fingerprint density at radius 2 is 2.07 bits per heavy atom. The van der Waals surface area contributed by atoms with Crippen molar-refractivity contribution in [3.05, 3.63) is 21.6 Å². The number of nitrogens with one attached hydrogen (secondary N) is 1. The van der Waals surface area contributed by atoms with Crippen LogP contribution in [0.5, 0.6) is 0 Å². The van der Waals surface area contributed by atoms with Gasteiger partial charge in [-0.1, -0.05) is 32.0 Å². The van der Waals surface area contributed by atoms with Crippen molar-refractivity contribution in [1.29, 1.82) is 0 Å². The molecule has 1 N–H and O–H groups in total. The molecule has 3 nitrogen and oxygen atoms in total. The van der Waals surface area contributed by atoms with Crippen molar-refractivity contribution < 1.29 is 0 Å². The third-order valence-corrected chi connectivity index (χ3v) is 3.22. The first-order chi connectivity index (χ1) is 7.19. The van der Waals surface area contributed by atoms with Gasteiger partial charge in [-0.2, -0.15) is 0 Å². The van der Waals surface area contributed by atoms with E-state index in [0.717, 1.165) is 41.4 Å². The van der Waals surface area contributed by atoms with Crippen molar-refractivity contribution in [2.24, 2.45) is 0 Å². The smallest absolute Gasteiger partial charge is 0.254 e. The maximum absolute atomic E-state index is 11.7. The molecule has 0 spiro atoms. The Morgan fingerprint density at radius 3 is 2.60 bits per heavy atom. The van der Waals surface area contributed by atoms with E-state index in [1.165, 1.54) is 0 Å².